The fourth-order valence-electron chi connectivity index (χ4n) is 2.59. The van der Waals surface area contributed by atoms with E-state index in [-0.39, 0.29) is 11.7 Å². The van der Waals surface area contributed by atoms with Crippen molar-refractivity contribution in [2.45, 2.75) is 13.8 Å². The van der Waals surface area contributed by atoms with Crippen molar-refractivity contribution in [3.05, 3.63) is 58.8 Å². The molecule has 0 radical (unpaired) electrons. The highest BCUT2D eigenvalue weighted by molar-refractivity contribution is 8.27. The summed E-state index contributed by atoms with van der Waals surface area (Å²) in [6.07, 6.45) is 1.75. The van der Waals surface area contributed by atoms with Gasteiger partial charge in [-0.15, -0.1) is 0 Å². The molecular formula is C20H18FNO3S2. The summed E-state index contributed by atoms with van der Waals surface area (Å²) in [6, 6.07) is 11.2. The van der Waals surface area contributed by atoms with Crippen LogP contribution in [0.2, 0.25) is 0 Å². The topological polar surface area (TPSA) is 38.8 Å². The first-order chi connectivity index (χ1) is 13.0. The molecule has 27 heavy (non-hydrogen) atoms. The van der Waals surface area contributed by atoms with Gasteiger partial charge in [0.2, 0.25) is 0 Å². The maximum atomic E-state index is 13.2. The molecule has 3 rings (SSSR count). The second kappa shape index (κ2) is 8.54. The lowest BCUT2D eigenvalue weighted by molar-refractivity contribution is -0.113. The van der Waals surface area contributed by atoms with E-state index in [1.54, 1.807) is 12.1 Å². The van der Waals surface area contributed by atoms with Crippen molar-refractivity contribution in [2.24, 2.45) is 0 Å². The third-order valence-corrected chi connectivity index (χ3v) is 5.06. The van der Waals surface area contributed by atoms with E-state index in [0.29, 0.717) is 39.6 Å². The number of carbonyl (C=O) groups excluding carboxylic acids is 1. The van der Waals surface area contributed by atoms with E-state index in [1.165, 1.54) is 40.9 Å². The van der Waals surface area contributed by atoms with E-state index in [9.17, 15) is 9.18 Å². The van der Waals surface area contributed by atoms with Crippen LogP contribution < -0.4 is 14.4 Å². The van der Waals surface area contributed by atoms with Crippen molar-refractivity contribution in [3.8, 4) is 11.5 Å². The van der Waals surface area contributed by atoms with E-state index in [1.807, 2.05) is 26.0 Å². The van der Waals surface area contributed by atoms with Crippen LogP contribution in [-0.2, 0) is 4.79 Å². The van der Waals surface area contributed by atoms with Crippen LogP contribution in [0.15, 0.2) is 47.4 Å². The number of ether oxygens (including phenoxy) is 2. The summed E-state index contributed by atoms with van der Waals surface area (Å²) >= 11 is 6.55. The lowest BCUT2D eigenvalue weighted by atomic mass is 10.1. The number of halogens is 1. The number of hydrogen-bond donors (Lipinski definition) is 0. The Morgan fingerprint density at radius 2 is 1.81 bits per heavy atom. The molecule has 1 aliphatic rings. The minimum Gasteiger partial charge on any atom is -0.494 e. The predicted octanol–water partition coefficient (Wildman–Crippen LogP) is 5.03. The van der Waals surface area contributed by atoms with E-state index in [0.717, 1.165) is 5.56 Å². The average molecular weight is 404 g/mol. The van der Waals surface area contributed by atoms with E-state index >= 15 is 0 Å². The molecule has 1 saturated heterocycles. The zero-order valence-corrected chi connectivity index (χ0v) is 16.5. The van der Waals surface area contributed by atoms with Crippen molar-refractivity contribution in [3.63, 3.8) is 0 Å². The molecular weight excluding hydrogens is 385 g/mol. The molecule has 1 heterocycles. The third kappa shape index (κ3) is 4.31. The molecule has 1 fully saturated rings. The monoisotopic (exact) mass is 403 g/mol. The van der Waals surface area contributed by atoms with Gasteiger partial charge in [0.05, 0.1) is 23.8 Å². The number of benzene rings is 2. The molecule has 1 aliphatic heterocycles. The summed E-state index contributed by atoms with van der Waals surface area (Å²) in [7, 11) is 0. The molecule has 0 saturated carbocycles. The van der Waals surface area contributed by atoms with Crippen LogP contribution in [0.5, 0.6) is 11.5 Å². The average Bonchev–Trinajstić information content (AvgIpc) is 2.92. The van der Waals surface area contributed by atoms with Crippen LogP contribution in [0, 0.1) is 5.82 Å². The van der Waals surface area contributed by atoms with Gasteiger partial charge < -0.3 is 9.47 Å². The molecule has 0 aromatic heterocycles. The van der Waals surface area contributed by atoms with Gasteiger partial charge in [-0.1, -0.05) is 24.0 Å². The van der Waals surface area contributed by atoms with E-state index in [4.69, 9.17) is 21.7 Å². The SMILES string of the molecule is CCOc1ccc(C=C2SC(=S)N(c3ccc(F)cc3)C2=O)c(OCC)c1. The zero-order chi connectivity index (χ0) is 19.4. The molecule has 0 spiro atoms. The summed E-state index contributed by atoms with van der Waals surface area (Å²) in [6.45, 7) is 4.86. The maximum Gasteiger partial charge on any atom is 0.270 e. The second-order valence-electron chi connectivity index (χ2n) is 5.56. The fourth-order valence-corrected chi connectivity index (χ4v) is 3.88. The molecule has 2 aromatic rings. The van der Waals surface area contributed by atoms with Crippen LogP contribution in [0.1, 0.15) is 19.4 Å². The zero-order valence-electron chi connectivity index (χ0n) is 14.9. The molecule has 140 valence electrons. The van der Waals surface area contributed by atoms with Crippen molar-refractivity contribution in [2.75, 3.05) is 18.1 Å². The number of rotatable bonds is 6. The Morgan fingerprint density at radius 1 is 1.11 bits per heavy atom. The fraction of sp³-hybridized carbons (Fsp3) is 0.200. The summed E-state index contributed by atoms with van der Waals surface area (Å²) in [5.41, 5.74) is 1.30. The van der Waals surface area contributed by atoms with Crippen LogP contribution in [0.25, 0.3) is 6.08 Å². The highest BCUT2D eigenvalue weighted by atomic mass is 32.2. The number of thiocarbonyl (C=S) groups is 1. The van der Waals surface area contributed by atoms with Crippen LogP contribution in [-0.4, -0.2) is 23.4 Å². The molecule has 0 bridgehead atoms. The van der Waals surface area contributed by atoms with Gasteiger partial charge in [0.15, 0.2) is 4.32 Å². The Kier molecular flexibility index (Phi) is 6.13. The number of hydrogen-bond acceptors (Lipinski definition) is 5. The quantitative estimate of drug-likeness (QED) is 0.500. The molecule has 7 heteroatoms. The molecule has 2 aromatic carbocycles. The Hall–Kier alpha value is -2.38. The standard InChI is InChI=1S/C20H18FNO3S2/c1-3-24-16-10-5-13(17(12-16)25-4-2)11-18-19(23)22(20(26)27-18)15-8-6-14(21)7-9-15/h5-12H,3-4H2,1-2H3. The minimum atomic E-state index is -0.365. The molecule has 1 amide bonds. The van der Waals surface area contributed by atoms with Gasteiger partial charge in [-0.2, -0.15) is 0 Å². The Morgan fingerprint density at radius 3 is 2.48 bits per heavy atom. The van der Waals surface area contributed by atoms with Crippen LogP contribution in [0.3, 0.4) is 0 Å². The first-order valence-electron chi connectivity index (χ1n) is 8.46. The molecule has 0 atom stereocenters. The smallest absolute Gasteiger partial charge is 0.270 e. The normalized spacial score (nSPS) is 15.5. The Bertz CT molecular complexity index is 897. The van der Waals surface area contributed by atoms with Gasteiger partial charge in [0.1, 0.15) is 17.3 Å². The summed E-state index contributed by atoms with van der Waals surface area (Å²) in [5.74, 6) is 0.732. The highest BCUT2D eigenvalue weighted by Gasteiger charge is 2.33. The number of nitrogens with zero attached hydrogens (tertiary/aromatic N) is 1. The Labute approximate surface area is 167 Å². The molecule has 0 aliphatic carbocycles. The Balaban J connectivity index is 1.92. The number of carbonyl (C=O) groups is 1. The van der Waals surface area contributed by atoms with E-state index in [2.05, 4.69) is 0 Å². The van der Waals surface area contributed by atoms with Crippen LogP contribution in [0.4, 0.5) is 10.1 Å². The van der Waals surface area contributed by atoms with Crippen molar-refractivity contribution < 1.29 is 18.7 Å². The van der Waals surface area contributed by atoms with Gasteiger partial charge in [0, 0.05) is 11.6 Å². The van der Waals surface area contributed by atoms with Crippen molar-refractivity contribution >= 4 is 46.0 Å². The number of amides is 1. The minimum absolute atomic E-state index is 0.243. The third-order valence-electron chi connectivity index (χ3n) is 3.76. The van der Waals surface area contributed by atoms with Gasteiger partial charge >= 0.3 is 0 Å². The molecule has 4 nitrogen and oxygen atoms in total. The lowest BCUT2D eigenvalue weighted by Crippen LogP contribution is -2.27. The number of thioether (sulfide) groups is 1. The maximum absolute atomic E-state index is 13.2. The molecule has 0 unspecified atom stereocenters. The lowest BCUT2D eigenvalue weighted by Gasteiger charge is -2.14. The van der Waals surface area contributed by atoms with Gasteiger partial charge in [-0.05, 0) is 56.3 Å². The highest BCUT2D eigenvalue weighted by Crippen LogP contribution is 2.37. The summed E-state index contributed by atoms with van der Waals surface area (Å²) in [5, 5.41) is 0. The first kappa shape index (κ1) is 19.4. The van der Waals surface area contributed by atoms with E-state index < -0.39 is 0 Å². The second-order valence-corrected chi connectivity index (χ2v) is 7.23. The number of anilines is 1. The van der Waals surface area contributed by atoms with Crippen molar-refractivity contribution in [1.29, 1.82) is 0 Å². The van der Waals surface area contributed by atoms with Gasteiger partial charge in [0.25, 0.3) is 5.91 Å². The predicted molar refractivity (Wildman–Crippen MR) is 111 cm³/mol. The van der Waals surface area contributed by atoms with Crippen molar-refractivity contribution in [1.82, 2.24) is 0 Å². The largest absolute Gasteiger partial charge is 0.494 e. The summed E-state index contributed by atoms with van der Waals surface area (Å²) in [4.78, 5) is 14.7. The van der Waals surface area contributed by atoms with Gasteiger partial charge in [-0.3, -0.25) is 9.69 Å². The van der Waals surface area contributed by atoms with Crippen LogP contribution >= 0.6 is 24.0 Å². The summed E-state index contributed by atoms with van der Waals surface area (Å²) < 4.78 is 24.8. The molecule has 0 N–H and O–H groups in total. The first-order valence-corrected chi connectivity index (χ1v) is 9.69. The van der Waals surface area contributed by atoms with Gasteiger partial charge in [-0.25, -0.2) is 4.39 Å².